The fraction of sp³-hybridized carbons (Fsp3) is 0.185. The maximum Gasteiger partial charge on any atom is 0.112 e. The molecule has 154 valence electrons. The molecule has 0 fully saturated rings. The molecule has 0 aliphatic heterocycles. The van der Waals surface area contributed by atoms with E-state index in [1.165, 1.54) is 15.9 Å². The van der Waals surface area contributed by atoms with Gasteiger partial charge in [0, 0.05) is 6.42 Å². The summed E-state index contributed by atoms with van der Waals surface area (Å²) in [4.78, 5) is 0. The number of benzene rings is 3. The van der Waals surface area contributed by atoms with Crippen LogP contribution in [-0.4, -0.2) is 6.16 Å². The Morgan fingerprint density at radius 2 is 1.13 bits per heavy atom. The lowest BCUT2D eigenvalue weighted by atomic mass is 10.1. The van der Waals surface area contributed by atoms with Crippen molar-refractivity contribution in [3.05, 3.63) is 115 Å². The largest absolute Gasteiger partial charge is 1.00 e. The molecule has 0 saturated heterocycles. The van der Waals surface area contributed by atoms with Crippen LogP contribution in [0.5, 0.6) is 0 Å². The summed E-state index contributed by atoms with van der Waals surface area (Å²) in [5.74, 6) is 1.66. The Kier molecular flexibility index (Phi) is 8.30. The summed E-state index contributed by atoms with van der Waals surface area (Å²) in [6.45, 7) is 2.40. The van der Waals surface area contributed by atoms with Crippen LogP contribution in [0.15, 0.2) is 114 Å². The number of rotatable bonds is 8. The van der Waals surface area contributed by atoms with E-state index in [-0.39, 0.29) is 24.0 Å². The van der Waals surface area contributed by atoms with Gasteiger partial charge in [-0.25, -0.2) is 0 Å². The number of furan rings is 1. The van der Waals surface area contributed by atoms with Gasteiger partial charge in [-0.1, -0.05) is 61.5 Å². The van der Waals surface area contributed by atoms with Gasteiger partial charge in [0.2, 0.25) is 0 Å². The summed E-state index contributed by atoms with van der Waals surface area (Å²) < 4.78 is 5.58. The maximum absolute atomic E-state index is 5.58. The SMILES string of the molecule is CC(CCc1ccco1)C[P+](c1ccccc1)(c1ccccc1)c1ccccc1.[I-]. The maximum atomic E-state index is 5.58. The Labute approximate surface area is 197 Å². The zero-order chi connectivity index (χ0) is 19.9. The number of hydrogen-bond donors (Lipinski definition) is 0. The molecule has 3 heteroatoms. The number of hydrogen-bond acceptors (Lipinski definition) is 1. The second-order valence-electron chi connectivity index (χ2n) is 7.72. The Balaban J connectivity index is 0.00000256. The number of halogens is 1. The van der Waals surface area contributed by atoms with Crippen LogP contribution in [0, 0.1) is 5.92 Å². The lowest BCUT2D eigenvalue weighted by Gasteiger charge is -2.30. The van der Waals surface area contributed by atoms with Crippen molar-refractivity contribution in [2.45, 2.75) is 19.8 Å². The highest BCUT2D eigenvalue weighted by Crippen LogP contribution is 2.56. The van der Waals surface area contributed by atoms with Crippen LogP contribution in [0.2, 0.25) is 0 Å². The van der Waals surface area contributed by atoms with Crippen LogP contribution in [0.3, 0.4) is 0 Å². The van der Waals surface area contributed by atoms with Crippen LogP contribution in [-0.2, 0) is 6.42 Å². The second kappa shape index (κ2) is 10.9. The highest BCUT2D eigenvalue weighted by atomic mass is 127. The predicted octanol–water partition coefficient (Wildman–Crippen LogP) is 2.85. The molecule has 1 atom stereocenters. The van der Waals surface area contributed by atoms with Gasteiger partial charge in [-0.2, -0.15) is 0 Å². The van der Waals surface area contributed by atoms with Gasteiger partial charge >= 0.3 is 0 Å². The third-order valence-electron chi connectivity index (χ3n) is 5.64. The van der Waals surface area contributed by atoms with E-state index in [4.69, 9.17) is 4.42 Å². The first-order chi connectivity index (χ1) is 14.3. The fourth-order valence-electron chi connectivity index (χ4n) is 4.21. The molecule has 0 radical (unpaired) electrons. The molecule has 0 aliphatic rings. The molecule has 3 aromatic carbocycles. The van der Waals surface area contributed by atoms with Gasteiger partial charge in [0.15, 0.2) is 0 Å². The van der Waals surface area contributed by atoms with Crippen molar-refractivity contribution >= 4 is 23.2 Å². The average molecular weight is 526 g/mol. The van der Waals surface area contributed by atoms with Crippen LogP contribution in [0.4, 0.5) is 0 Å². The van der Waals surface area contributed by atoms with Crippen LogP contribution < -0.4 is 39.9 Å². The van der Waals surface area contributed by atoms with Crippen molar-refractivity contribution in [3.8, 4) is 0 Å². The zero-order valence-corrected chi connectivity index (χ0v) is 20.4. The van der Waals surface area contributed by atoms with Crippen LogP contribution >= 0.6 is 7.26 Å². The summed E-state index contributed by atoms with van der Waals surface area (Å²) in [7, 11) is -1.75. The molecule has 1 heterocycles. The fourth-order valence-corrected chi connectivity index (χ4v) is 8.90. The second-order valence-corrected chi connectivity index (χ2v) is 11.3. The molecular formula is C27H28IOP. The molecule has 4 rings (SSSR count). The summed E-state index contributed by atoms with van der Waals surface area (Å²) in [5, 5.41) is 4.38. The zero-order valence-electron chi connectivity index (χ0n) is 17.3. The molecule has 0 saturated carbocycles. The van der Waals surface area contributed by atoms with Gasteiger partial charge in [0.1, 0.15) is 28.9 Å². The quantitative estimate of drug-likeness (QED) is 0.254. The molecule has 0 amide bonds. The van der Waals surface area contributed by atoms with Gasteiger partial charge in [0.05, 0.1) is 12.4 Å². The van der Waals surface area contributed by atoms with E-state index in [0.717, 1.165) is 24.8 Å². The highest BCUT2D eigenvalue weighted by molar-refractivity contribution is 7.95. The molecule has 1 nitrogen and oxygen atoms in total. The molecule has 0 N–H and O–H groups in total. The van der Waals surface area contributed by atoms with Crippen LogP contribution in [0.25, 0.3) is 0 Å². The van der Waals surface area contributed by atoms with Crippen molar-refractivity contribution in [3.63, 3.8) is 0 Å². The van der Waals surface area contributed by atoms with Crippen molar-refractivity contribution in [1.29, 1.82) is 0 Å². The third-order valence-corrected chi connectivity index (χ3v) is 10.4. The van der Waals surface area contributed by atoms with E-state index in [0.29, 0.717) is 5.92 Å². The standard InChI is InChI=1S/C27H28OP.HI/c1-23(19-20-24-12-11-21-28-24)22-29(25-13-5-2-6-14-25,26-15-7-3-8-16-26)27-17-9-4-10-18-27;/h2-18,21,23H,19-20,22H2,1H3;1H/q+1;/p-1. The molecule has 0 bridgehead atoms. The normalized spacial score (nSPS) is 12.2. The van der Waals surface area contributed by atoms with Gasteiger partial charge in [-0.3, -0.25) is 0 Å². The minimum absolute atomic E-state index is 0. The van der Waals surface area contributed by atoms with Crippen molar-refractivity contribution in [2.75, 3.05) is 6.16 Å². The Bertz CT molecular complexity index is 888. The topological polar surface area (TPSA) is 13.1 Å². The Morgan fingerprint density at radius 1 is 0.667 bits per heavy atom. The van der Waals surface area contributed by atoms with E-state index in [2.05, 4.69) is 104 Å². The molecule has 1 unspecified atom stereocenters. The van der Waals surface area contributed by atoms with Crippen molar-refractivity contribution < 1.29 is 28.4 Å². The first-order valence-corrected chi connectivity index (χ1v) is 12.3. The van der Waals surface area contributed by atoms with E-state index in [1.807, 2.05) is 6.07 Å². The van der Waals surface area contributed by atoms with E-state index < -0.39 is 7.26 Å². The Hall–Kier alpha value is -1.90. The minimum Gasteiger partial charge on any atom is -1.00 e. The first kappa shape index (κ1) is 22.8. The third kappa shape index (κ3) is 5.04. The highest BCUT2D eigenvalue weighted by Gasteiger charge is 2.46. The van der Waals surface area contributed by atoms with E-state index in [1.54, 1.807) is 6.26 Å². The van der Waals surface area contributed by atoms with Crippen LogP contribution in [0.1, 0.15) is 19.1 Å². The average Bonchev–Trinajstić information content (AvgIpc) is 3.32. The molecule has 30 heavy (non-hydrogen) atoms. The molecule has 4 aromatic rings. The predicted molar refractivity (Wildman–Crippen MR) is 126 cm³/mol. The monoisotopic (exact) mass is 526 g/mol. The smallest absolute Gasteiger partial charge is 0.112 e. The minimum atomic E-state index is -1.75. The number of aryl methyl sites for hydroxylation is 1. The summed E-state index contributed by atoms with van der Waals surface area (Å²) in [6, 6.07) is 37.5. The lowest BCUT2D eigenvalue weighted by molar-refractivity contribution is -0.00000628. The molecular weight excluding hydrogens is 498 g/mol. The van der Waals surface area contributed by atoms with Gasteiger partial charge < -0.3 is 28.4 Å². The van der Waals surface area contributed by atoms with Crippen molar-refractivity contribution in [2.24, 2.45) is 5.92 Å². The first-order valence-electron chi connectivity index (χ1n) is 10.4. The van der Waals surface area contributed by atoms with Gasteiger partial charge in [-0.15, -0.1) is 0 Å². The van der Waals surface area contributed by atoms with Gasteiger partial charge in [-0.05, 0) is 60.9 Å². The summed E-state index contributed by atoms with van der Waals surface area (Å²) in [6.07, 6.45) is 5.05. The summed E-state index contributed by atoms with van der Waals surface area (Å²) >= 11 is 0. The van der Waals surface area contributed by atoms with E-state index in [9.17, 15) is 0 Å². The summed E-state index contributed by atoms with van der Waals surface area (Å²) in [5.41, 5.74) is 0. The van der Waals surface area contributed by atoms with Gasteiger partial charge in [0.25, 0.3) is 0 Å². The lowest BCUT2D eigenvalue weighted by Crippen LogP contribution is -3.00. The Morgan fingerprint density at radius 3 is 1.53 bits per heavy atom. The molecule has 0 aliphatic carbocycles. The molecule has 0 spiro atoms. The van der Waals surface area contributed by atoms with Crippen molar-refractivity contribution in [1.82, 2.24) is 0 Å². The molecule has 1 aromatic heterocycles. The van der Waals surface area contributed by atoms with E-state index >= 15 is 0 Å².